The topological polar surface area (TPSA) is 0 Å². The van der Waals surface area contributed by atoms with Gasteiger partial charge in [0.2, 0.25) is 0 Å². The summed E-state index contributed by atoms with van der Waals surface area (Å²) in [6, 6.07) is 0. The van der Waals surface area contributed by atoms with Crippen molar-refractivity contribution in [3.63, 3.8) is 0 Å². The summed E-state index contributed by atoms with van der Waals surface area (Å²) in [6.07, 6.45) is 0. The van der Waals surface area contributed by atoms with Crippen LogP contribution in [0.3, 0.4) is 0 Å². The van der Waals surface area contributed by atoms with E-state index in [-0.39, 0.29) is 0 Å². The van der Waals surface area contributed by atoms with E-state index >= 15 is 0 Å². The molecule has 0 aromatic rings. The molecule has 106 valence electrons. The molecule has 0 saturated carbocycles. The molecule has 0 amide bonds. The Kier molecular flexibility index (Phi) is 10.9. The third-order valence-electron chi connectivity index (χ3n) is 2.62. The molecule has 2 aliphatic rings. The van der Waals surface area contributed by atoms with Gasteiger partial charge in [-0.25, -0.2) is 0 Å². The van der Waals surface area contributed by atoms with Crippen LogP contribution in [0, 0.1) is 0 Å². The molecule has 3 unspecified atom stereocenters. The molecule has 0 aliphatic carbocycles. The molecule has 2 aliphatic heterocycles. The van der Waals surface area contributed by atoms with Crippen molar-refractivity contribution in [1.82, 2.24) is 0 Å². The minimum atomic E-state index is 0.417. The van der Waals surface area contributed by atoms with Crippen LogP contribution < -0.4 is 0 Å². The quantitative estimate of drug-likeness (QED) is 0.181. The molecule has 0 nitrogen and oxygen atoms in total. The Labute approximate surface area is 156 Å². The second-order valence-corrected chi connectivity index (χ2v) is 19.7. The molecular weight excluding hydrogens is 623 g/mol. The summed E-state index contributed by atoms with van der Waals surface area (Å²) >= 11 is 7.96. The van der Waals surface area contributed by atoms with Crippen molar-refractivity contribution in [1.29, 1.82) is 0 Å². The van der Waals surface area contributed by atoms with Gasteiger partial charge in [0.25, 0.3) is 0 Å². The van der Waals surface area contributed by atoms with E-state index in [1.807, 2.05) is 0 Å². The molecule has 0 aromatic heterocycles. The zero-order chi connectivity index (χ0) is 12.6. The zero-order valence-electron chi connectivity index (χ0n) is 10.8. The van der Waals surface area contributed by atoms with Crippen molar-refractivity contribution < 1.29 is 0 Å². The Bertz CT molecular complexity index is 227. The van der Waals surface area contributed by atoms with Gasteiger partial charge in [-0.3, -0.25) is 0 Å². The van der Waals surface area contributed by atoms with Crippen LogP contribution in [0.1, 0.15) is 6.92 Å². The molecule has 2 rings (SSSR count). The Morgan fingerprint density at radius 1 is 1.11 bits per heavy atom. The summed E-state index contributed by atoms with van der Waals surface area (Å²) in [7, 11) is 0. The molecule has 0 aromatic carbocycles. The molecule has 0 bridgehead atoms. The van der Waals surface area contributed by atoms with Gasteiger partial charge in [0.05, 0.1) is 0 Å². The Morgan fingerprint density at radius 2 is 1.83 bits per heavy atom. The molecular formula is C12H22S3Te3. The molecule has 2 heterocycles. The van der Waals surface area contributed by atoms with Gasteiger partial charge in [0.15, 0.2) is 0 Å². The number of hydrogen-bond acceptors (Lipinski definition) is 3. The van der Waals surface area contributed by atoms with Gasteiger partial charge in [-0.05, 0) is 0 Å². The van der Waals surface area contributed by atoms with Crippen molar-refractivity contribution in [3.05, 3.63) is 0 Å². The fraction of sp³-hybridized carbons (Fsp3) is 1.00. The first kappa shape index (κ1) is 17.8. The molecule has 0 N–H and O–H groups in total. The summed E-state index contributed by atoms with van der Waals surface area (Å²) in [5.74, 6) is 4.49. The van der Waals surface area contributed by atoms with Gasteiger partial charge in [-0.1, -0.05) is 0 Å². The van der Waals surface area contributed by atoms with E-state index in [1.54, 1.807) is 22.3 Å². The van der Waals surface area contributed by atoms with Crippen LogP contribution in [0.5, 0.6) is 0 Å². The molecule has 0 radical (unpaired) electrons. The van der Waals surface area contributed by atoms with Crippen molar-refractivity contribution in [3.8, 4) is 0 Å². The van der Waals surface area contributed by atoms with Gasteiger partial charge in [-0.15, -0.1) is 0 Å². The van der Waals surface area contributed by atoms with E-state index in [4.69, 9.17) is 0 Å². The molecule has 2 fully saturated rings. The first-order valence-corrected chi connectivity index (χ1v) is 19.2. The fourth-order valence-electron chi connectivity index (χ4n) is 1.38. The third-order valence-corrected chi connectivity index (χ3v) is 22.2. The average Bonchev–Trinajstić information content (AvgIpc) is 3.25. The normalized spacial score (nSPS) is 29.5. The van der Waals surface area contributed by atoms with E-state index in [1.165, 1.54) is 20.6 Å². The molecule has 2 saturated heterocycles. The number of rotatable bonds is 12. The number of thioether (sulfide) groups is 3. The monoisotopic (exact) mass is 652 g/mol. The van der Waals surface area contributed by atoms with Crippen LogP contribution in [0.2, 0.25) is 22.3 Å². The maximum atomic E-state index is 2.42. The molecule has 6 heteroatoms. The Balaban J connectivity index is 1.21. The van der Waals surface area contributed by atoms with E-state index in [0.29, 0.717) is 62.8 Å². The maximum absolute atomic E-state index is 2.42. The summed E-state index contributed by atoms with van der Waals surface area (Å²) in [5, 5.41) is 2.18. The van der Waals surface area contributed by atoms with Crippen LogP contribution in [0.4, 0.5) is 0 Å². The Hall–Kier alpha value is 3.42. The molecule has 18 heavy (non-hydrogen) atoms. The van der Waals surface area contributed by atoms with Crippen LogP contribution in [-0.4, -0.2) is 93.8 Å². The van der Waals surface area contributed by atoms with Gasteiger partial charge in [0.1, 0.15) is 0 Å². The van der Waals surface area contributed by atoms with E-state index < -0.39 is 0 Å². The average molecular weight is 645 g/mol. The van der Waals surface area contributed by atoms with Gasteiger partial charge >= 0.3 is 158 Å². The van der Waals surface area contributed by atoms with E-state index in [9.17, 15) is 0 Å². The third kappa shape index (κ3) is 9.44. The van der Waals surface area contributed by atoms with Crippen molar-refractivity contribution in [2.24, 2.45) is 0 Å². The van der Waals surface area contributed by atoms with Crippen LogP contribution >= 0.6 is 35.3 Å². The van der Waals surface area contributed by atoms with Crippen molar-refractivity contribution >= 4 is 98.1 Å². The van der Waals surface area contributed by atoms with Crippen LogP contribution in [0.25, 0.3) is 0 Å². The summed E-state index contributed by atoms with van der Waals surface area (Å²) in [5.41, 5.74) is 0. The first-order valence-electron chi connectivity index (χ1n) is 6.48. The minimum absolute atomic E-state index is 0.417. The summed E-state index contributed by atoms with van der Waals surface area (Å²) < 4.78 is 9.39. The number of hydrogen-bond donors (Lipinski definition) is 0. The molecule has 0 spiro atoms. The predicted octanol–water partition coefficient (Wildman–Crippen LogP) is 3.50. The van der Waals surface area contributed by atoms with Crippen LogP contribution in [-0.2, 0) is 0 Å². The first-order chi connectivity index (χ1) is 8.86. The fourth-order valence-corrected chi connectivity index (χ4v) is 20.4. The van der Waals surface area contributed by atoms with E-state index in [0.717, 1.165) is 10.5 Å². The summed E-state index contributed by atoms with van der Waals surface area (Å²) in [6.45, 7) is 2.42. The SMILES string of the molecule is CC1SC1[Te]CC[Te]CCSCC[Te]CC1CS1. The van der Waals surface area contributed by atoms with Gasteiger partial charge in [0, 0.05) is 0 Å². The van der Waals surface area contributed by atoms with Crippen molar-refractivity contribution in [2.75, 3.05) is 17.3 Å². The Morgan fingerprint density at radius 3 is 2.50 bits per heavy atom. The van der Waals surface area contributed by atoms with E-state index in [2.05, 4.69) is 42.2 Å². The van der Waals surface area contributed by atoms with Gasteiger partial charge < -0.3 is 0 Å². The standard InChI is InChI=1S/C12H22S3Te3/c1-10-12(15-10)18-7-6-16-4-2-13-3-5-17-9-11-8-14-11/h10-12H,2-9H2,1H3. The predicted molar refractivity (Wildman–Crippen MR) is 95.7 cm³/mol. The van der Waals surface area contributed by atoms with Gasteiger partial charge in [-0.2, -0.15) is 0 Å². The van der Waals surface area contributed by atoms with Crippen LogP contribution in [0.15, 0.2) is 0 Å². The van der Waals surface area contributed by atoms with Crippen molar-refractivity contribution in [2.45, 2.75) is 43.1 Å². The zero-order valence-corrected chi connectivity index (χ0v) is 20.3. The molecule has 3 atom stereocenters. The summed E-state index contributed by atoms with van der Waals surface area (Å²) in [4.78, 5) is 0. The second-order valence-electron chi connectivity index (χ2n) is 4.34. The second kappa shape index (κ2) is 11.0.